The molecule has 0 spiro atoms. The topological polar surface area (TPSA) is 119 Å². The SMILES string of the molecule is CC=C/C=C/COC(=O)C1=C(C)NC(C)=C(C(=O)O)C1c1cccc([N+](=O)[O-])c1. The zero-order valence-corrected chi connectivity index (χ0v) is 16.3. The van der Waals surface area contributed by atoms with Crippen LogP contribution in [-0.4, -0.2) is 28.6 Å². The van der Waals surface area contributed by atoms with E-state index in [4.69, 9.17) is 4.74 Å². The summed E-state index contributed by atoms with van der Waals surface area (Å²) in [4.78, 5) is 35.4. The fourth-order valence-electron chi connectivity index (χ4n) is 3.15. The Morgan fingerprint density at radius 2 is 1.93 bits per heavy atom. The van der Waals surface area contributed by atoms with Crippen LogP contribution in [0.3, 0.4) is 0 Å². The van der Waals surface area contributed by atoms with Crippen molar-refractivity contribution < 1.29 is 24.4 Å². The molecule has 0 saturated carbocycles. The number of carboxylic acid groups (broad SMARTS) is 1. The number of carbonyl (C=O) groups excluding carboxylic acids is 1. The number of hydrogen-bond donors (Lipinski definition) is 2. The van der Waals surface area contributed by atoms with Crippen LogP contribution in [0.1, 0.15) is 32.3 Å². The van der Waals surface area contributed by atoms with Crippen molar-refractivity contribution in [1.29, 1.82) is 0 Å². The summed E-state index contributed by atoms with van der Waals surface area (Å²) in [5.74, 6) is -2.92. The van der Waals surface area contributed by atoms with Gasteiger partial charge in [0.25, 0.3) is 5.69 Å². The predicted molar refractivity (Wildman–Crippen MR) is 107 cm³/mol. The molecule has 1 aromatic carbocycles. The number of aliphatic carboxylic acids is 1. The summed E-state index contributed by atoms with van der Waals surface area (Å²) in [6.45, 7) is 5.08. The van der Waals surface area contributed by atoms with Crippen LogP contribution in [0.2, 0.25) is 0 Å². The number of nitro benzene ring substituents is 1. The highest BCUT2D eigenvalue weighted by atomic mass is 16.6. The van der Waals surface area contributed by atoms with Crippen LogP contribution in [0.25, 0.3) is 0 Å². The summed E-state index contributed by atoms with van der Waals surface area (Å²) >= 11 is 0. The first kappa shape index (κ1) is 21.6. The minimum absolute atomic E-state index is 0.00666. The third-order valence-electron chi connectivity index (χ3n) is 4.38. The van der Waals surface area contributed by atoms with Gasteiger partial charge < -0.3 is 15.2 Å². The van der Waals surface area contributed by atoms with E-state index >= 15 is 0 Å². The van der Waals surface area contributed by atoms with Crippen LogP contribution in [0, 0.1) is 10.1 Å². The van der Waals surface area contributed by atoms with E-state index in [-0.39, 0.29) is 23.4 Å². The highest BCUT2D eigenvalue weighted by Crippen LogP contribution is 2.39. The molecule has 0 radical (unpaired) electrons. The zero-order valence-electron chi connectivity index (χ0n) is 16.3. The van der Waals surface area contributed by atoms with Gasteiger partial charge in [-0.1, -0.05) is 30.4 Å². The molecule has 1 aliphatic heterocycles. The molecule has 152 valence electrons. The molecule has 2 rings (SSSR count). The smallest absolute Gasteiger partial charge is 0.337 e. The number of nitrogens with one attached hydrogen (secondary N) is 1. The van der Waals surface area contributed by atoms with Crippen molar-refractivity contribution in [3.05, 3.63) is 86.8 Å². The Labute approximate surface area is 168 Å². The lowest BCUT2D eigenvalue weighted by molar-refractivity contribution is -0.384. The van der Waals surface area contributed by atoms with Crippen molar-refractivity contribution in [2.45, 2.75) is 26.7 Å². The predicted octanol–water partition coefficient (Wildman–Crippen LogP) is 3.59. The number of carbonyl (C=O) groups is 2. The molecule has 0 aromatic heterocycles. The maximum Gasteiger partial charge on any atom is 0.337 e. The monoisotopic (exact) mass is 398 g/mol. The molecule has 1 aromatic rings. The van der Waals surface area contributed by atoms with Crippen LogP contribution in [-0.2, 0) is 14.3 Å². The number of nitro groups is 1. The van der Waals surface area contributed by atoms with Gasteiger partial charge in [0.2, 0.25) is 0 Å². The molecular weight excluding hydrogens is 376 g/mol. The minimum Gasteiger partial charge on any atom is -0.478 e. The van der Waals surface area contributed by atoms with Crippen LogP contribution >= 0.6 is 0 Å². The van der Waals surface area contributed by atoms with Crippen molar-refractivity contribution in [2.24, 2.45) is 0 Å². The van der Waals surface area contributed by atoms with Gasteiger partial charge in [-0.2, -0.15) is 0 Å². The molecule has 29 heavy (non-hydrogen) atoms. The molecule has 1 aliphatic rings. The number of allylic oxidation sites excluding steroid dienone is 5. The number of carboxylic acids is 1. The van der Waals surface area contributed by atoms with Crippen LogP contribution in [0.4, 0.5) is 5.69 Å². The van der Waals surface area contributed by atoms with Crippen LogP contribution in [0.15, 0.2) is 71.1 Å². The molecule has 0 bridgehead atoms. The molecule has 1 atom stereocenters. The van der Waals surface area contributed by atoms with Crippen molar-refractivity contribution in [1.82, 2.24) is 5.32 Å². The van der Waals surface area contributed by atoms with Gasteiger partial charge >= 0.3 is 11.9 Å². The molecule has 0 saturated heterocycles. The molecule has 1 heterocycles. The summed E-state index contributed by atoms with van der Waals surface area (Å²) in [5.41, 5.74) is 0.971. The van der Waals surface area contributed by atoms with Gasteiger partial charge in [0.1, 0.15) is 6.61 Å². The van der Waals surface area contributed by atoms with Gasteiger partial charge in [0.05, 0.1) is 22.0 Å². The minimum atomic E-state index is -1.22. The number of ether oxygens (including phenoxy) is 1. The van der Waals surface area contributed by atoms with Gasteiger partial charge in [-0.15, -0.1) is 0 Å². The zero-order chi connectivity index (χ0) is 21.6. The van der Waals surface area contributed by atoms with Crippen molar-refractivity contribution in [3.63, 3.8) is 0 Å². The van der Waals surface area contributed by atoms with Gasteiger partial charge in [-0.05, 0) is 32.4 Å². The van der Waals surface area contributed by atoms with E-state index in [1.54, 1.807) is 38.1 Å². The van der Waals surface area contributed by atoms with Gasteiger partial charge in [0.15, 0.2) is 0 Å². The second-order valence-electron chi connectivity index (χ2n) is 6.35. The molecular formula is C21H22N2O6. The quantitative estimate of drug-likeness (QED) is 0.312. The lowest BCUT2D eigenvalue weighted by Gasteiger charge is -2.29. The maximum absolute atomic E-state index is 12.8. The number of dihydropyridines is 1. The lowest BCUT2D eigenvalue weighted by Crippen LogP contribution is -2.31. The van der Waals surface area contributed by atoms with E-state index in [0.717, 1.165) is 0 Å². The molecule has 1 unspecified atom stereocenters. The van der Waals surface area contributed by atoms with E-state index < -0.39 is 22.8 Å². The van der Waals surface area contributed by atoms with Gasteiger partial charge in [-0.3, -0.25) is 10.1 Å². The Hall–Kier alpha value is -3.68. The first-order valence-electron chi connectivity index (χ1n) is 8.89. The summed E-state index contributed by atoms with van der Waals surface area (Å²) in [5, 5.41) is 23.8. The molecule has 8 nitrogen and oxygen atoms in total. The summed E-state index contributed by atoms with van der Waals surface area (Å²) in [7, 11) is 0. The van der Waals surface area contributed by atoms with Crippen LogP contribution in [0.5, 0.6) is 0 Å². The number of non-ortho nitro benzene ring substituents is 1. The summed E-state index contributed by atoms with van der Waals surface area (Å²) < 4.78 is 5.28. The number of esters is 1. The third kappa shape index (κ3) is 4.98. The summed E-state index contributed by atoms with van der Waals surface area (Å²) in [6, 6.07) is 5.61. The number of benzene rings is 1. The van der Waals surface area contributed by atoms with E-state index in [1.807, 2.05) is 13.0 Å². The van der Waals surface area contributed by atoms with Crippen molar-refractivity contribution in [3.8, 4) is 0 Å². The van der Waals surface area contributed by atoms with E-state index in [0.29, 0.717) is 17.0 Å². The van der Waals surface area contributed by atoms with Crippen LogP contribution < -0.4 is 5.32 Å². The first-order chi connectivity index (χ1) is 13.8. The average Bonchev–Trinajstić information content (AvgIpc) is 2.66. The molecule has 2 N–H and O–H groups in total. The Balaban J connectivity index is 2.50. The van der Waals surface area contributed by atoms with E-state index in [2.05, 4.69) is 5.32 Å². The third-order valence-corrected chi connectivity index (χ3v) is 4.38. The number of hydrogen-bond acceptors (Lipinski definition) is 6. The lowest BCUT2D eigenvalue weighted by atomic mass is 9.80. The highest BCUT2D eigenvalue weighted by Gasteiger charge is 2.37. The van der Waals surface area contributed by atoms with Gasteiger partial charge in [0, 0.05) is 23.5 Å². The first-order valence-corrected chi connectivity index (χ1v) is 8.89. The Morgan fingerprint density at radius 3 is 2.55 bits per heavy atom. The largest absolute Gasteiger partial charge is 0.478 e. The Kier molecular flexibility index (Phi) is 7.08. The van der Waals surface area contributed by atoms with Gasteiger partial charge in [-0.25, -0.2) is 9.59 Å². The number of nitrogens with zero attached hydrogens (tertiary/aromatic N) is 1. The second-order valence-corrected chi connectivity index (χ2v) is 6.35. The highest BCUT2D eigenvalue weighted by molar-refractivity contribution is 5.99. The molecule has 0 aliphatic carbocycles. The number of rotatable bonds is 7. The summed E-state index contributed by atoms with van der Waals surface area (Å²) in [6.07, 6.45) is 6.96. The van der Waals surface area contributed by atoms with E-state index in [9.17, 15) is 24.8 Å². The fourth-order valence-corrected chi connectivity index (χ4v) is 3.15. The van der Waals surface area contributed by atoms with E-state index in [1.165, 1.54) is 18.2 Å². The van der Waals surface area contributed by atoms with Crippen molar-refractivity contribution >= 4 is 17.6 Å². The maximum atomic E-state index is 12.8. The average molecular weight is 398 g/mol. The molecule has 0 fully saturated rings. The molecule has 0 amide bonds. The normalized spacial score (nSPS) is 17.0. The second kappa shape index (κ2) is 9.50. The fraction of sp³-hybridized carbons (Fsp3) is 0.238. The van der Waals surface area contributed by atoms with Crippen molar-refractivity contribution in [2.75, 3.05) is 6.61 Å². The Bertz CT molecular complexity index is 956. The standard InChI is InChI=1S/C21H22N2O6/c1-4-5-6-7-11-29-21(26)18-14(3)22-13(2)17(20(24)25)19(18)15-9-8-10-16(12-15)23(27)28/h4-10,12,19,22H,11H2,1-3H3,(H,24,25)/b5-4?,7-6+. The Morgan fingerprint density at radius 1 is 1.24 bits per heavy atom. The molecule has 8 heteroatoms.